The van der Waals surface area contributed by atoms with Crippen LogP contribution in [0.25, 0.3) is 0 Å². The minimum absolute atomic E-state index is 0.0577. The van der Waals surface area contributed by atoms with Crippen molar-refractivity contribution in [1.29, 1.82) is 0 Å². The number of thiazole rings is 1. The van der Waals surface area contributed by atoms with Crippen LogP contribution in [0.5, 0.6) is 0 Å². The minimum atomic E-state index is 0.0577. The first kappa shape index (κ1) is 10.9. The molecule has 16 heavy (non-hydrogen) atoms. The van der Waals surface area contributed by atoms with Gasteiger partial charge in [-0.3, -0.25) is 4.79 Å². The van der Waals surface area contributed by atoms with Gasteiger partial charge in [-0.15, -0.1) is 21.5 Å². The zero-order chi connectivity index (χ0) is 11.5. The summed E-state index contributed by atoms with van der Waals surface area (Å²) in [4.78, 5) is 17.2. The summed E-state index contributed by atoms with van der Waals surface area (Å²) in [6, 6.07) is 0. The highest BCUT2D eigenvalue weighted by atomic mass is 32.1. The van der Waals surface area contributed by atoms with E-state index in [0.717, 1.165) is 10.7 Å². The second kappa shape index (κ2) is 4.48. The Morgan fingerprint density at radius 2 is 2.31 bits per heavy atom. The molecule has 0 aliphatic heterocycles. The van der Waals surface area contributed by atoms with Gasteiger partial charge >= 0.3 is 0 Å². The number of carbonyl (C=O) groups is 1. The molecule has 2 aromatic rings. The Morgan fingerprint density at radius 1 is 1.50 bits per heavy atom. The van der Waals surface area contributed by atoms with Gasteiger partial charge in [-0.2, -0.15) is 4.80 Å². The monoisotopic (exact) mass is 237 g/mol. The van der Waals surface area contributed by atoms with Gasteiger partial charge in [0, 0.05) is 11.1 Å². The lowest BCUT2D eigenvalue weighted by atomic mass is 10.2. The van der Waals surface area contributed by atoms with Crippen molar-refractivity contribution in [1.82, 2.24) is 25.2 Å². The largest absolute Gasteiger partial charge is 0.299 e. The Balaban J connectivity index is 1.94. The molecular formula is C9H11N5OS. The molecule has 2 rings (SSSR count). The summed E-state index contributed by atoms with van der Waals surface area (Å²) >= 11 is 1.50. The predicted octanol–water partition coefficient (Wildman–Crippen LogP) is 0.329. The molecule has 0 spiro atoms. The number of hydrogen-bond donors (Lipinski definition) is 0. The molecule has 6 nitrogen and oxygen atoms in total. The van der Waals surface area contributed by atoms with Crippen LogP contribution in [0, 0.1) is 6.92 Å². The van der Waals surface area contributed by atoms with Crippen LogP contribution < -0.4 is 0 Å². The van der Waals surface area contributed by atoms with Gasteiger partial charge in [0.05, 0.1) is 19.9 Å². The first-order chi connectivity index (χ1) is 7.63. The van der Waals surface area contributed by atoms with Crippen LogP contribution in [0.3, 0.4) is 0 Å². The van der Waals surface area contributed by atoms with Crippen molar-refractivity contribution in [2.24, 2.45) is 7.05 Å². The number of ketones is 1. The predicted molar refractivity (Wildman–Crippen MR) is 58.1 cm³/mol. The molecule has 0 saturated heterocycles. The van der Waals surface area contributed by atoms with E-state index >= 15 is 0 Å². The number of aryl methyl sites for hydroxylation is 2. The van der Waals surface area contributed by atoms with Gasteiger partial charge in [-0.1, -0.05) is 0 Å². The van der Waals surface area contributed by atoms with E-state index in [0.29, 0.717) is 12.2 Å². The molecule has 2 aromatic heterocycles. The van der Waals surface area contributed by atoms with Crippen molar-refractivity contribution < 1.29 is 4.79 Å². The molecule has 7 heteroatoms. The number of rotatable bonds is 4. The van der Waals surface area contributed by atoms with Crippen molar-refractivity contribution in [3.8, 4) is 0 Å². The molecule has 0 saturated carbocycles. The maximum absolute atomic E-state index is 11.7. The minimum Gasteiger partial charge on any atom is -0.299 e. The lowest BCUT2D eigenvalue weighted by Crippen LogP contribution is -2.08. The van der Waals surface area contributed by atoms with E-state index in [1.165, 1.54) is 16.1 Å². The van der Waals surface area contributed by atoms with Gasteiger partial charge in [0.15, 0.2) is 5.82 Å². The van der Waals surface area contributed by atoms with Gasteiger partial charge in [-0.05, 0) is 12.1 Å². The van der Waals surface area contributed by atoms with Crippen LogP contribution in [0.2, 0.25) is 0 Å². The number of nitrogens with zero attached hydrogens (tertiary/aromatic N) is 5. The summed E-state index contributed by atoms with van der Waals surface area (Å²) < 4.78 is 0. The maximum atomic E-state index is 11.7. The Morgan fingerprint density at radius 3 is 2.88 bits per heavy atom. The second-order valence-electron chi connectivity index (χ2n) is 3.47. The molecule has 0 atom stereocenters. The standard InChI is InChI=1S/C9H11N5OS/c1-6-5-16-9(10-6)4-7(15)3-8-11-13-14(2)12-8/h5H,3-4H2,1-2H3. The van der Waals surface area contributed by atoms with Crippen LogP contribution >= 0.6 is 11.3 Å². The summed E-state index contributed by atoms with van der Waals surface area (Å²) in [5, 5.41) is 14.2. The molecule has 2 heterocycles. The molecule has 0 aliphatic carbocycles. The first-order valence-corrected chi connectivity index (χ1v) is 5.67. The van der Waals surface area contributed by atoms with Gasteiger partial charge in [0.1, 0.15) is 10.8 Å². The normalized spacial score (nSPS) is 10.6. The summed E-state index contributed by atoms with van der Waals surface area (Å²) in [7, 11) is 1.67. The zero-order valence-corrected chi connectivity index (χ0v) is 9.86. The van der Waals surface area contributed by atoms with E-state index in [-0.39, 0.29) is 12.2 Å². The number of Topliss-reactive ketones (excluding diaryl/α,β-unsaturated/α-hetero) is 1. The highest BCUT2D eigenvalue weighted by Gasteiger charge is 2.11. The zero-order valence-electron chi connectivity index (χ0n) is 9.04. The summed E-state index contributed by atoms with van der Waals surface area (Å²) in [6.07, 6.45) is 0.559. The molecule has 0 amide bonds. The fraction of sp³-hybridized carbons (Fsp3) is 0.444. The van der Waals surface area contributed by atoms with E-state index in [2.05, 4.69) is 20.4 Å². The molecular weight excluding hydrogens is 226 g/mol. The van der Waals surface area contributed by atoms with E-state index in [1.54, 1.807) is 7.05 Å². The van der Waals surface area contributed by atoms with E-state index < -0.39 is 0 Å². The SMILES string of the molecule is Cc1csc(CC(=O)Cc2nnn(C)n2)n1. The quantitative estimate of drug-likeness (QED) is 0.766. The Kier molecular flexibility index (Phi) is 3.04. The molecule has 0 unspecified atom stereocenters. The van der Waals surface area contributed by atoms with E-state index in [1.807, 2.05) is 12.3 Å². The topological polar surface area (TPSA) is 73.6 Å². The average Bonchev–Trinajstić information content (AvgIpc) is 2.76. The summed E-state index contributed by atoms with van der Waals surface area (Å²) in [6.45, 7) is 1.91. The molecule has 84 valence electrons. The van der Waals surface area contributed by atoms with Crippen molar-refractivity contribution in [3.63, 3.8) is 0 Å². The number of aromatic nitrogens is 5. The smallest absolute Gasteiger partial charge is 0.182 e. The number of tetrazole rings is 1. The van der Waals surface area contributed by atoms with E-state index in [9.17, 15) is 4.79 Å². The van der Waals surface area contributed by atoms with Crippen molar-refractivity contribution >= 4 is 17.1 Å². The van der Waals surface area contributed by atoms with Gasteiger partial charge < -0.3 is 0 Å². The second-order valence-corrected chi connectivity index (χ2v) is 4.41. The highest BCUT2D eigenvalue weighted by molar-refractivity contribution is 7.09. The first-order valence-electron chi connectivity index (χ1n) is 4.79. The third-order valence-corrected chi connectivity index (χ3v) is 2.89. The molecule has 0 fully saturated rings. The Bertz CT molecular complexity index is 459. The number of carbonyl (C=O) groups excluding carboxylic acids is 1. The fourth-order valence-corrected chi connectivity index (χ4v) is 2.09. The number of hydrogen-bond acceptors (Lipinski definition) is 6. The van der Waals surface area contributed by atoms with Crippen molar-refractivity contribution in [2.75, 3.05) is 0 Å². The molecule has 0 radical (unpaired) electrons. The van der Waals surface area contributed by atoms with Crippen LogP contribution in [-0.4, -0.2) is 31.0 Å². The molecule has 0 bridgehead atoms. The Labute approximate surface area is 96.3 Å². The van der Waals surface area contributed by atoms with Crippen LogP contribution in [0.15, 0.2) is 5.38 Å². The highest BCUT2D eigenvalue weighted by Crippen LogP contribution is 2.10. The van der Waals surface area contributed by atoms with Gasteiger partial charge in [0.2, 0.25) is 0 Å². The summed E-state index contributed by atoms with van der Waals surface area (Å²) in [5.41, 5.74) is 0.949. The Hall–Kier alpha value is -1.63. The lowest BCUT2D eigenvalue weighted by molar-refractivity contribution is -0.117. The van der Waals surface area contributed by atoms with Crippen molar-refractivity contribution in [2.45, 2.75) is 19.8 Å². The van der Waals surface area contributed by atoms with Gasteiger partial charge in [-0.25, -0.2) is 4.98 Å². The fourth-order valence-electron chi connectivity index (χ4n) is 1.29. The van der Waals surface area contributed by atoms with Crippen LogP contribution in [0.4, 0.5) is 0 Å². The lowest BCUT2D eigenvalue weighted by Gasteiger charge is -1.93. The maximum Gasteiger partial charge on any atom is 0.182 e. The third kappa shape index (κ3) is 2.69. The third-order valence-electron chi connectivity index (χ3n) is 1.92. The molecule has 0 aliphatic rings. The van der Waals surface area contributed by atoms with E-state index in [4.69, 9.17) is 0 Å². The molecule has 0 N–H and O–H groups in total. The molecule has 0 aromatic carbocycles. The summed E-state index contributed by atoms with van der Waals surface area (Å²) in [5.74, 6) is 0.517. The van der Waals surface area contributed by atoms with Crippen LogP contribution in [0.1, 0.15) is 16.5 Å². The van der Waals surface area contributed by atoms with Gasteiger partial charge in [0.25, 0.3) is 0 Å². The van der Waals surface area contributed by atoms with Crippen LogP contribution in [-0.2, 0) is 24.7 Å². The van der Waals surface area contributed by atoms with Crippen molar-refractivity contribution in [3.05, 3.63) is 21.9 Å². The average molecular weight is 237 g/mol.